The first-order valence-electron chi connectivity index (χ1n) is 7.77. The van der Waals surface area contributed by atoms with Crippen LogP contribution in [0, 0.1) is 12.7 Å². The van der Waals surface area contributed by atoms with Gasteiger partial charge in [-0.1, -0.05) is 6.07 Å². The Kier molecular flexibility index (Phi) is 4.77. The molecule has 27 heavy (non-hydrogen) atoms. The molecule has 142 valence electrons. The van der Waals surface area contributed by atoms with E-state index in [1.807, 2.05) is 0 Å². The van der Waals surface area contributed by atoms with E-state index < -0.39 is 23.9 Å². The van der Waals surface area contributed by atoms with Crippen molar-refractivity contribution in [2.45, 2.75) is 19.8 Å². The predicted octanol–water partition coefficient (Wildman–Crippen LogP) is 4.22. The normalized spacial score (nSPS) is 11.6. The molecule has 3 rings (SSSR count). The first kappa shape index (κ1) is 18.7. The number of rotatable bonds is 4. The maximum absolute atomic E-state index is 13.3. The average molecular weight is 382 g/mol. The highest BCUT2D eigenvalue weighted by molar-refractivity contribution is 6.02. The van der Waals surface area contributed by atoms with E-state index in [0.717, 1.165) is 12.1 Å². The number of carbonyl (C=O) groups is 1. The molecule has 0 unspecified atom stereocenters. The van der Waals surface area contributed by atoms with Gasteiger partial charge in [0.15, 0.2) is 5.69 Å². The van der Waals surface area contributed by atoms with Crippen LogP contribution in [0.3, 0.4) is 0 Å². The molecule has 0 saturated carbocycles. The van der Waals surface area contributed by atoms with Crippen LogP contribution in [-0.4, -0.2) is 29.2 Å². The summed E-state index contributed by atoms with van der Waals surface area (Å²) in [6, 6.07) is 7.70. The maximum Gasteiger partial charge on any atom is 0.573 e. The molecule has 0 N–H and O–H groups in total. The number of halogens is 4. The third kappa shape index (κ3) is 4.02. The highest BCUT2D eigenvalue weighted by atomic mass is 19.4. The second-order valence-electron chi connectivity index (χ2n) is 5.80. The minimum atomic E-state index is -4.85. The number of hydrogen-bond donors (Lipinski definition) is 0. The molecule has 0 bridgehead atoms. The predicted molar refractivity (Wildman–Crippen MR) is 88.0 cm³/mol. The Labute approximate surface area is 151 Å². The molecule has 0 fully saturated rings. The van der Waals surface area contributed by atoms with Gasteiger partial charge in [0.05, 0.1) is 19.2 Å². The lowest BCUT2D eigenvalue weighted by Gasteiger charge is -2.10. The molecule has 0 atom stereocenters. The maximum atomic E-state index is 13.3. The van der Waals surface area contributed by atoms with E-state index in [9.17, 15) is 22.4 Å². The summed E-state index contributed by atoms with van der Waals surface area (Å²) < 4.78 is 60.8. The van der Waals surface area contributed by atoms with Crippen LogP contribution in [0.1, 0.15) is 21.6 Å². The molecule has 5 nitrogen and oxygen atoms in total. The SMILES string of the molecule is COC(=O)c1nn(Cc2ccc(F)cc2C)c2cc(OC(F)(F)F)ccc12. The number of alkyl halides is 3. The summed E-state index contributed by atoms with van der Waals surface area (Å²) in [6.07, 6.45) is -4.85. The van der Waals surface area contributed by atoms with Crippen LogP contribution in [0.15, 0.2) is 36.4 Å². The largest absolute Gasteiger partial charge is 0.573 e. The van der Waals surface area contributed by atoms with Crippen molar-refractivity contribution in [3.8, 4) is 5.75 Å². The van der Waals surface area contributed by atoms with Gasteiger partial charge < -0.3 is 9.47 Å². The number of hydrogen-bond acceptors (Lipinski definition) is 4. The summed E-state index contributed by atoms with van der Waals surface area (Å²) in [5.41, 5.74) is 1.55. The molecule has 0 saturated heterocycles. The number of aryl methyl sites for hydroxylation is 1. The fraction of sp³-hybridized carbons (Fsp3) is 0.222. The minimum Gasteiger partial charge on any atom is -0.464 e. The molecule has 0 aliphatic heterocycles. The van der Waals surface area contributed by atoms with Crippen molar-refractivity contribution < 1.29 is 31.8 Å². The number of nitrogens with zero attached hydrogens (tertiary/aromatic N) is 2. The third-order valence-corrected chi connectivity index (χ3v) is 3.96. The van der Waals surface area contributed by atoms with Crippen molar-refractivity contribution in [2.75, 3.05) is 7.11 Å². The summed E-state index contributed by atoms with van der Waals surface area (Å²) in [7, 11) is 1.18. The van der Waals surface area contributed by atoms with Crippen molar-refractivity contribution in [3.05, 3.63) is 59.0 Å². The first-order valence-corrected chi connectivity index (χ1v) is 7.77. The van der Waals surface area contributed by atoms with Gasteiger partial charge in [-0.15, -0.1) is 13.2 Å². The summed E-state index contributed by atoms with van der Waals surface area (Å²) >= 11 is 0. The van der Waals surface area contributed by atoms with Crippen LogP contribution in [0.5, 0.6) is 5.75 Å². The standard InChI is InChI=1S/C18H14F4N2O3/c1-10-7-12(19)4-3-11(10)9-24-15-8-13(27-18(20,21)22)5-6-14(15)16(23-24)17(25)26-2/h3-8H,9H2,1-2H3. The molecule has 1 aromatic heterocycles. The van der Waals surface area contributed by atoms with Gasteiger partial charge in [0.25, 0.3) is 0 Å². The Balaban J connectivity index is 2.11. The molecule has 2 aromatic carbocycles. The summed E-state index contributed by atoms with van der Waals surface area (Å²) in [6.45, 7) is 1.82. The van der Waals surface area contributed by atoms with Crippen LogP contribution < -0.4 is 4.74 Å². The molecular formula is C18H14F4N2O3. The van der Waals surface area contributed by atoms with Crippen LogP contribution in [-0.2, 0) is 11.3 Å². The van der Waals surface area contributed by atoms with Gasteiger partial charge in [0, 0.05) is 11.5 Å². The van der Waals surface area contributed by atoms with Crippen LogP contribution in [0.25, 0.3) is 10.9 Å². The second kappa shape index (κ2) is 6.90. The fourth-order valence-electron chi connectivity index (χ4n) is 2.72. The zero-order valence-electron chi connectivity index (χ0n) is 14.3. The smallest absolute Gasteiger partial charge is 0.464 e. The van der Waals surface area contributed by atoms with Crippen LogP contribution in [0.2, 0.25) is 0 Å². The van der Waals surface area contributed by atoms with Gasteiger partial charge in [0.1, 0.15) is 11.6 Å². The summed E-state index contributed by atoms with van der Waals surface area (Å²) in [5.74, 6) is -1.57. The highest BCUT2D eigenvalue weighted by Gasteiger charge is 2.31. The zero-order chi connectivity index (χ0) is 19.8. The Morgan fingerprint density at radius 2 is 1.93 bits per heavy atom. The third-order valence-electron chi connectivity index (χ3n) is 3.96. The first-order chi connectivity index (χ1) is 12.7. The molecule has 3 aromatic rings. The molecular weight excluding hydrogens is 368 g/mol. The molecule has 0 aliphatic carbocycles. The quantitative estimate of drug-likeness (QED) is 0.501. The van der Waals surface area contributed by atoms with Gasteiger partial charge in [-0.25, -0.2) is 9.18 Å². The summed E-state index contributed by atoms with van der Waals surface area (Å²) in [5, 5.41) is 4.48. The molecule has 0 radical (unpaired) electrons. The van der Waals surface area contributed by atoms with Crippen molar-refractivity contribution in [1.29, 1.82) is 0 Å². The van der Waals surface area contributed by atoms with Crippen molar-refractivity contribution in [1.82, 2.24) is 9.78 Å². The van der Waals surface area contributed by atoms with E-state index in [-0.39, 0.29) is 17.8 Å². The van der Waals surface area contributed by atoms with E-state index in [1.165, 1.54) is 30.0 Å². The number of carbonyl (C=O) groups excluding carboxylic acids is 1. The van der Waals surface area contributed by atoms with E-state index in [1.54, 1.807) is 13.0 Å². The van der Waals surface area contributed by atoms with Crippen molar-refractivity contribution in [3.63, 3.8) is 0 Å². The van der Waals surface area contributed by atoms with Gasteiger partial charge in [0.2, 0.25) is 0 Å². The fourth-order valence-corrected chi connectivity index (χ4v) is 2.72. The highest BCUT2D eigenvalue weighted by Crippen LogP contribution is 2.29. The number of ether oxygens (including phenoxy) is 2. The van der Waals surface area contributed by atoms with Gasteiger partial charge >= 0.3 is 12.3 Å². The minimum absolute atomic E-state index is 0.0363. The van der Waals surface area contributed by atoms with Crippen molar-refractivity contribution in [2.24, 2.45) is 0 Å². The van der Waals surface area contributed by atoms with E-state index in [2.05, 4.69) is 14.6 Å². The Hall–Kier alpha value is -3.10. The van der Waals surface area contributed by atoms with Crippen molar-refractivity contribution >= 4 is 16.9 Å². The molecule has 0 aliphatic rings. The van der Waals surface area contributed by atoms with Gasteiger partial charge in [-0.05, 0) is 42.3 Å². The van der Waals surface area contributed by atoms with E-state index in [0.29, 0.717) is 16.5 Å². The number of methoxy groups -OCH3 is 1. The van der Waals surface area contributed by atoms with Crippen LogP contribution >= 0.6 is 0 Å². The molecule has 0 amide bonds. The number of aromatic nitrogens is 2. The lowest BCUT2D eigenvalue weighted by molar-refractivity contribution is -0.274. The Bertz CT molecular complexity index is 1010. The van der Waals surface area contributed by atoms with Gasteiger partial charge in [-0.3, -0.25) is 4.68 Å². The average Bonchev–Trinajstić information content (AvgIpc) is 2.93. The van der Waals surface area contributed by atoms with E-state index in [4.69, 9.17) is 0 Å². The monoisotopic (exact) mass is 382 g/mol. The second-order valence-corrected chi connectivity index (χ2v) is 5.80. The molecule has 1 heterocycles. The molecule has 0 spiro atoms. The van der Waals surface area contributed by atoms with Crippen LogP contribution in [0.4, 0.5) is 17.6 Å². The number of esters is 1. The van der Waals surface area contributed by atoms with E-state index >= 15 is 0 Å². The number of fused-ring (bicyclic) bond motifs is 1. The summed E-state index contributed by atoms with van der Waals surface area (Å²) in [4.78, 5) is 12.0. The molecule has 9 heteroatoms. The topological polar surface area (TPSA) is 53.3 Å². The Morgan fingerprint density at radius 1 is 1.19 bits per heavy atom. The lowest BCUT2D eigenvalue weighted by atomic mass is 10.1. The Morgan fingerprint density at radius 3 is 2.56 bits per heavy atom. The lowest BCUT2D eigenvalue weighted by Crippen LogP contribution is -2.17. The number of benzene rings is 2. The zero-order valence-corrected chi connectivity index (χ0v) is 14.3. The van der Waals surface area contributed by atoms with Gasteiger partial charge in [-0.2, -0.15) is 5.10 Å².